The molecule has 1 atom stereocenters. The van der Waals surface area contributed by atoms with E-state index in [4.69, 9.17) is 4.42 Å². The summed E-state index contributed by atoms with van der Waals surface area (Å²) in [5, 5.41) is 11.1. The quantitative estimate of drug-likeness (QED) is 0.402. The molecule has 1 heterocycles. The molecule has 1 N–H and O–H groups in total. The Bertz CT molecular complexity index is 1140. The fraction of sp³-hybridized carbons (Fsp3) is 0.125. The molecular formula is C24H21N3O2S. The van der Waals surface area contributed by atoms with Crippen LogP contribution in [-0.4, -0.2) is 16.1 Å². The third-order valence-corrected chi connectivity index (χ3v) is 5.64. The minimum Gasteiger partial charge on any atom is -0.411 e. The van der Waals surface area contributed by atoms with Gasteiger partial charge >= 0.3 is 0 Å². The number of aromatic nitrogens is 2. The van der Waals surface area contributed by atoms with Gasteiger partial charge in [-0.3, -0.25) is 4.79 Å². The number of amides is 1. The van der Waals surface area contributed by atoms with Crippen molar-refractivity contribution >= 4 is 23.4 Å². The van der Waals surface area contributed by atoms with Crippen LogP contribution in [0.4, 0.5) is 5.69 Å². The average Bonchev–Trinajstić information content (AvgIpc) is 3.23. The second kappa shape index (κ2) is 8.97. The molecule has 0 aliphatic heterocycles. The molecule has 4 aromatic rings. The Morgan fingerprint density at radius 2 is 1.67 bits per heavy atom. The summed E-state index contributed by atoms with van der Waals surface area (Å²) in [7, 11) is 0. The Labute approximate surface area is 179 Å². The van der Waals surface area contributed by atoms with Gasteiger partial charge in [0.1, 0.15) is 5.25 Å². The van der Waals surface area contributed by atoms with E-state index in [9.17, 15) is 4.79 Å². The molecule has 0 aliphatic carbocycles. The Morgan fingerprint density at radius 3 is 2.40 bits per heavy atom. The number of nitrogens with zero attached hydrogens (tertiary/aromatic N) is 2. The third-order valence-electron chi connectivity index (χ3n) is 4.55. The lowest BCUT2D eigenvalue weighted by Gasteiger charge is -2.15. The largest absolute Gasteiger partial charge is 0.411 e. The number of carbonyl (C=O) groups excluding carboxylic acids is 1. The highest BCUT2D eigenvalue weighted by molar-refractivity contribution is 8.00. The first kappa shape index (κ1) is 19.9. The van der Waals surface area contributed by atoms with Gasteiger partial charge in [-0.1, -0.05) is 65.7 Å². The van der Waals surface area contributed by atoms with Gasteiger partial charge in [0, 0.05) is 11.3 Å². The van der Waals surface area contributed by atoms with Crippen LogP contribution in [-0.2, 0) is 4.79 Å². The normalized spacial score (nSPS) is 11.8. The summed E-state index contributed by atoms with van der Waals surface area (Å²) in [4.78, 5) is 13.1. The van der Waals surface area contributed by atoms with Gasteiger partial charge in [-0.05, 0) is 55.4 Å². The molecule has 6 heteroatoms. The molecule has 0 saturated heterocycles. The zero-order chi connectivity index (χ0) is 20.9. The van der Waals surface area contributed by atoms with Gasteiger partial charge < -0.3 is 9.73 Å². The summed E-state index contributed by atoms with van der Waals surface area (Å²) >= 11 is 1.24. The maximum absolute atomic E-state index is 13.1. The van der Waals surface area contributed by atoms with E-state index in [0.29, 0.717) is 11.1 Å². The first-order chi connectivity index (χ1) is 14.6. The van der Waals surface area contributed by atoms with Crippen LogP contribution in [0, 0.1) is 13.8 Å². The van der Waals surface area contributed by atoms with Gasteiger partial charge in [-0.2, -0.15) is 0 Å². The van der Waals surface area contributed by atoms with Crippen molar-refractivity contribution < 1.29 is 9.21 Å². The molecule has 0 aliphatic rings. The van der Waals surface area contributed by atoms with E-state index < -0.39 is 5.25 Å². The molecule has 150 valence electrons. The number of aryl methyl sites for hydroxylation is 2. The molecule has 1 amide bonds. The average molecular weight is 416 g/mol. The molecule has 0 radical (unpaired) electrons. The molecule has 4 rings (SSSR count). The van der Waals surface area contributed by atoms with Gasteiger partial charge in [-0.25, -0.2) is 0 Å². The van der Waals surface area contributed by atoms with E-state index in [1.165, 1.54) is 11.8 Å². The minimum atomic E-state index is -0.529. The summed E-state index contributed by atoms with van der Waals surface area (Å²) < 4.78 is 5.85. The van der Waals surface area contributed by atoms with Crippen molar-refractivity contribution in [3.63, 3.8) is 0 Å². The van der Waals surface area contributed by atoms with Gasteiger partial charge in [0.25, 0.3) is 5.22 Å². The molecule has 30 heavy (non-hydrogen) atoms. The third kappa shape index (κ3) is 4.78. The van der Waals surface area contributed by atoms with Crippen molar-refractivity contribution in [2.45, 2.75) is 24.3 Å². The number of nitrogens with one attached hydrogen (secondary N) is 1. The maximum Gasteiger partial charge on any atom is 0.277 e. The van der Waals surface area contributed by atoms with Crippen LogP contribution in [0.3, 0.4) is 0 Å². The number of hydrogen-bond donors (Lipinski definition) is 1. The fourth-order valence-electron chi connectivity index (χ4n) is 3.00. The topological polar surface area (TPSA) is 68.0 Å². The Morgan fingerprint density at radius 1 is 0.900 bits per heavy atom. The first-order valence-corrected chi connectivity index (χ1v) is 10.5. The number of benzene rings is 3. The van der Waals surface area contributed by atoms with E-state index in [0.717, 1.165) is 27.9 Å². The van der Waals surface area contributed by atoms with Crippen molar-refractivity contribution in [2.24, 2.45) is 0 Å². The molecule has 0 unspecified atom stereocenters. The predicted octanol–water partition coefficient (Wildman–Crippen LogP) is 5.83. The molecule has 1 aromatic heterocycles. The summed E-state index contributed by atoms with van der Waals surface area (Å²) in [6, 6.07) is 25.2. The molecule has 0 spiro atoms. The van der Waals surface area contributed by atoms with Crippen LogP contribution < -0.4 is 5.32 Å². The number of thioether (sulfide) groups is 1. The second-order valence-electron chi connectivity index (χ2n) is 7.01. The van der Waals surface area contributed by atoms with Crippen LogP contribution in [0.25, 0.3) is 11.5 Å². The van der Waals surface area contributed by atoms with E-state index in [-0.39, 0.29) is 5.91 Å². The highest BCUT2D eigenvalue weighted by atomic mass is 32.2. The lowest BCUT2D eigenvalue weighted by atomic mass is 10.1. The standard InChI is InChI=1S/C24H21N3O2S/c1-16-11-13-20(14-12-16)25-22(28)21(18-8-4-3-5-9-18)30-24-27-26-23(29-24)19-10-6-7-17(2)15-19/h3-15,21H,1-2H3,(H,25,28)/t21-/m1/s1. The van der Waals surface area contributed by atoms with Crippen molar-refractivity contribution in [2.75, 3.05) is 5.32 Å². The Hall–Kier alpha value is -3.38. The summed E-state index contributed by atoms with van der Waals surface area (Å²) in [6.07, 6.45) is 0. The SMILES string of the molecule is Cc1ccc(NC(=O)[C@H](Sc2nnc(-c3cccc(C)c3)o2)c2ccccc2)cc1. The molecule has 0 bridgehead atoms. The molecule has 5 nitrogen and oxygen atoms in total. The van der Waals surface area contributed by atoms with E-state index in [1.807, 2.05) is 92.7 Å². The number of rotatable bonds is 6. The van der Waals surface area contributed by atoms with Crippen LogP contribution >= 0.6 is 11.8 Å². The highest BCUT2D eigenvalue weighted by Crippen LogP contribution is 2.36. The number of anilines is 1. The monoisotopic (exact) mass is 415 g/mol. The summed E-state index contributed by atoms with van der Waals surface area (Å²) in [5.41, 5.74) is 4.71. The second-order valence-corrected chi connectivity index (χ2v) is 8.06. The minimum absolute atomic E-state index is 0.148. The van der Waals surface area contributed by atoms with Crippen LogP contribution in [0.5, 0.6) is 0 Å². The van der Waals surface area contributed by atoms with Crippen LogP contribution in [0.1, 0.15) is 21.9 Å². The zero-order valence-electron chi connectivity index (χ0n) is 16.7. The fourth-order valence-corrected chi connectivity index (χ4v) is 3.87. The van der Waals surface area contributed by atoms with E-state index in [2.05, 4.69) is 15.5 Å². The van der Waals surface area contributed by atoms with Crippen molar-refractivity contribution in [3.05, 3.63) is 95.6 Å². The number of carbonyl (C=O) groups is 1. The van der Waals surface area contributed by atoms with Gasteiger partial charge in [-0.15, -0.1) is 10.2 Å². The van der Waals surface area contributed by atoms with E-state index >= 15 is 0 Å². The predicted molar refractivity (Wildman–Crippen MR) is 119 cm³/mol. The molecule has 0 saturated carbocycles. The lowest BCUT2D eigenvalue weighted by molar-refractivity contribution is -0.115. The zero-order valence-corrected chi connectivity index (χ0v) is 17.5. The van der Waals surface area contributed by atoms with E-state index in [1.54, 1.807) is 0 Å². The molecule has 3 aromatic carbocycles. The Balaban J connectivity index is 1.58. The number of hydrogen-bond acceptors (Lipinski definition) is 5. The van der Waals surface area contributed by atoms with Gasteiger partial charge in [0.05, 0.1) is 0 Å². The van der Waals surface area contributed by atoms with Crippen molar-refractivity contribution in [1.29, 1.82) is 0 Å². The van der Waals surface area contributed by atoms with Crippen molar-refractivity contribution in [1.82, 2.24) is 10.2 Å². The summed E-state index contributed by atoms with van der Waals surface area (Å²) in [5.74, 6) is 0.289. The smallest absolute Gasteiger partial charge is 0.277 e. The molecule has 0 fully saturated rings. The maximum atomic E-state index is 13.1. The van der Waals surface area contributed by atoms with Crippen LogP contribution in [0.15, 0.2) is 88.5 Å². The van der Waals surface area contributed by atoms with Gasteiger partial charge in [0.15, 0.2) is 0 Å². The van der Waals surface area contributed by atoms with Gasteiger partial charge in [0.2, 0.25) is 11.8 Å². The highest BCUT2D eigenvalue weighted by Gasteiger charge is 2.25. The Kier molecular flexibility index (Phi) is 5.95. The summed E-state index contributed by atoms with van der Waals surface area (Å²) in [6.45, 7) is 4.02. The molecular weight excluding hydrogens is 394 g/mol. The van der Waals surface area contributed by atoms with Crippen molar-refractivity contribution in [3.8, 4) is 11.5 Å². The lowest BCUT2D eigenvalue weighted by Crippen LogP contribution is -2.19. The first-order valence-electron chi connectivity index (χ1n) is 9.58. The van der Waals surface area contributed by atoms with Crippen LogP contribution in [0.2, 0.25) is 0 Å².